The fourth-order valence-corrected chi connectivity index (χ4v) is 3.30. The van der Waals surface area contributed by atoms with Gasteiger partial charge in [-0.3, -0.25) is 0 Å². The van der Waals surface area contributed by atoms with Gasteiger partial charge in [-0.15, -0.1) is 0 Å². The van der Waals surface area contributed by atoms with Crippen molar-refractivity contribution >= 4 is 11.7 Å². The van der Waals surface area contributed by atoms with Crippen LogP contribution < -0.4 is 5.32 Å². The Labute approximate surface area is 141 Å². The zero-order valence-electron chi connectivity index (χ0n) is 13.8. The highest BCUT2D eigenvalue weighted by Crippen LogP contribution is 2.36. The molecule has 126 valence electrons. The maximum absolute atomic E-state index is 12.7. The number of morpholine rings is 1. The number of carbonyl (C=O) groups excluding carboxylic acids is 1. The Morgan fingerprint density at radius 2 is 2.21 bits per heavy atom. The van der Waals surface area contributed by atoms with Gasteiger partial charge in [-0.2, -0.15) is 5.10 Å². The molecule has 2 fully saturated rings. The smallest absolute Gasteiger partial charge is 0.322 e. The number of aromatic nitrogens is 2. The van der Waals surface area contributed by atoms with Crippen LogP contribution in [0.4, 0.5) is 10.5 Å². The van der Waals surface area contributed by atoms with E-state index in [9.17, 15) is 4.79 Å². The molecule has 0 bridgehead atoms. The first-order valence-electron chi connectivity index (χ1n) is 8.49. The summed E-state index contributed by atoms with van der Waals surface area (Å²) in [6.07, 6.45) is 4.17. The SMILES string of the molecule is Cc1ccnn1-c1cccc(NC(=O)N2CCOC[C@@H]2C2CC2)c1. The lowest BCUT2D eigenvalue weighted by molar-refractivity contribution is 0.00773. The summed E-state index contributed by atoms with van der Waals surface area (Å²) in [5.74, 6) is 0.606. The van der Waals surface area contributed by atoms with Gasteiger partial charge >= 0.3 is 6.03 Å². The minimum Gasteiger partial charge on any atom is -0.377 e. The lowest BCUT2D eigenvalue weighted by Gasteiger charge is -2.35. The molecule has 1 N–H and O–H groups in total. The van der Waals surface area contributed by atoms with Crippen molar-refractivity contribution in [2.45, 2.75) is 25.8 Å². The van der Waals surface area contributed by atoms with Gasteiger partial charge in [0.05, 0.1) is 24.9 Å². The van der Waals surface area contributed by atoms with Crippen LogP contribution in [-0.4, -0.2) is 46.5 Å². The van der Waals surface area contributed by atoms with Crippen molar-refractivity contribution in [2.75, 3.05) is 25.1 Å². The predicted octanol–water partition coefficient (Wildman–Crippen LogP) is 2.82. The Kier molecular flexibility index (Phi) is 3.98. The zero-order chi connectivity index (χ0) is 16.5. The minimum atomic E-state index is -0.0375. The van der Waals surface area contributed by atoms with Gasteiger partial charge in [-0.25, -0.2) is 9.48 Å². The molecular weight excluding hydrogens is 304 g/mol. The number of aryl methyl sites for hydroxylation is 1. The molecule has 0 radical (unpaired) electrons. The summed E-state index contributed by atoms with van der Waals surface area (Å²) in [4.78, 5) is 14.6. The highest BCUT2D eigenvalue weighted by atomic mass is 16.5. The van der Waals surface area contributed by atoms with Gasteiger partial charge in [0.25, 0.3) is 0 Å². The van der Waals surface area contributed by atoms with Crippen molar-refractivity contribution < 1.29 is 9.53 Å². The molecule has 2 amide bonds. The molecule has 6 nitrogen and oxygen atoms in total. The number of nitrogens with one attached hydrogen (secondary N) is 1. The number of ether oxygens (including phenoxy) is 1. The molecule has 1 aromatic carbocycles. The van der Waals surface area contributed by atoms with E-state index in [-0.39, 0.29) is 12.1 Å². The van der Waals surface area contributed by atoms with Crippen molar-refractivity contribution in [3.8, 4) is 5.69 Å². The third kappa shape index (κ3) is 3.01. The summed E-state index contributed by atoms with van der Waals surface area (Å²) in [6.45, 7) is 3.94. The van der Waals surface area contributed by atoms with Crippen LogP contribution in [0.5, 0.6) is 0 Å². The Bertz CT molecular complexity index is 738. The van der Waals surface area contributed by atoms with Gasteiger partial charge in [0, 0.05) is 24.1 Å². The molecule has 1 saturated carbocycles. The quantitative estimate of drug-likeness (QED) is 0.943. The Morgan fingerprint density at radius 3 is 2.96 bits per heavy atom. The van der Waals surface area contributed by atoms with Crippen LogP contribution in [0.1, 0.15) is 18.5 Å². The molecule has 1 aromatic heterocycles. The number of nitrogens with zero attached hydrogens (tertiary/aromatic N) is 3. The van der Waals surface area contributed by atoms with Gasteiger partial charge in [0.2, 0.25) is 0 Å². The maximum Gasteiger partial charge on any atom is 0.322 e. The molecule has 2 heterocycles. The molecule has 1 atom stereocenters. The molecule has 2 aliphatic rings. The highest BCUT2D eigenvalue weighted by Gasteiger charge is 2.39. The minimum absolute atomic E-state index is 0.0375. The Balaban J connectivity index is 1.50. The fraction of sp³-hybridized carbons (Fsp3) is 0.444. The molecule has 1 saturated heterocycles. The Hall–Kier alpha value is -2.34. The molecule has 0 spiro atoms. The molecule has 0 unspecified atom stereocenters. The number of carbonyl (C=O) groups is 1. The summed E-state index contributed by atoms with van der Waals surface area (Å²) in [7, 11) is 0. The van der Waals surface area contributed by atoms with E-state index in [1.807, 2.05) is 46.8 Å². The molecule has 1 aliphatic heterocycles. The lowest BCUT2D eigenvalue weighted by atomic mass is 10.1. The Morgan fingerprint density at radius 1 is 1.33 bits per heavy atom. The first-order valence-corrected chi connectivity index (χ1v) is 8.49. The molecule has 2 aromatic rings. The molecular formula is C18H22N4O2. The largest absolute Gasteiger partial charge is 0.377 e. The topological polar surface area (TPSA) is 59.4 Å². The van der Waals surface area contributed by atoms with Gasteiger partial charge in [-0.05, 0) is 49.9 Å². The van der Waals surface area contributed by atoms with Crippen LogP contribution in [0.25, 0.3) is 5.69 Å². The highest BCUT2D eigenvalue weighted by molar-refractivity contribution is 5.90. The van der Waals surface area contributed by atoms with E-state index in [4.69, 9.17) is 4.74 Å². The second-order valence-electron chi connectivity index (χ2n) is 6.54. The number of hydrogen-bond acceptors (Lipinski definition) is 3. The monoisotopic (exact) mass is 326 g/mol. The van der Waals surface area contributed by atoms with E-state index in [0.717, 1.165) is 17.1 Å². The van der Waals surface area contributed by atoms with Gasteiger partial charge < -0.3 is 15.0 Å². The summed E-state index contributed by atoms with van der Waals surface area (Å²) < 4.78 is 7.42. The molecule has 4 rings (SSSR count). The molecule has 6 heteroatoms. The van der Waals surface area contributed by atoms with Crippen LogP contribution in [0.2, 0.25) is 0 Å². The zero-order valence-corrected chi connectivity index (χ0v) is 13.8. The van der Waals surface area contributed by atoms with E-state index < -0.39 is 0 Å². The standard InChI is InChI=1S/C18H22N4O2/c1-13-7-8-19-22(13)16-4-2-3-15(11-16)20-18(23)21-9-10-24-12-17(21)14-5-6-14/h2-4,7-8,11,14,17H,5-6,9-10,12H2,1H3,(H,20,23)/t17-/m1/s1. The summed E-state index contributed by atoms with van der Waals surface area (Å²) in [5, 5.41) is 7.35. The predicted molar refractivity (Wildman–Crippen MR) is 91.4 cm³/mol. The number of hydrogen-bond donors (Lipinski definition) is 1. The van der Waals surface area contributed by atoms with Crippen LogP contribution in [0.3, 0.4) is 0 Å². The van der Waals surface area contributed by atoms with Gasteiger partial charge in [0.15, 0.2) is 0 Å². The van der Waals surface area contributed by atoms with Crippen LogP contribution in [0, 0.1) is 12.8 Å². The van der Waals surface area contributed by atoms with E-state index in [0.29, 0.717) is 25.7 Å². The van der Waals surface area contributed by atoms with Gasteiger partial charge in [-0.1, -0.05) is 6.07 Å². The number of benzene rings is 1. The third-order valence-electron chi connectivity index (χ3n) is 4.77. The van der Waals surface area contributed by atoms with E-state index in [1.54, 1.807) is 6.20 Å². The van der Waals surface area contributed by atoms with Crippen LogP contribution in [0.15, 0.2) is 36.5 Å². The second kappa shape index (κ2) is 6.28. The van der Waals surface area contributed by atoms with Gasteiger partial charge in [0.1, 0.15) is 0 Å². The first kappa shape index (κ1) is 15.2. The first-order chi connectivity index (χ1) is 11.7. The van der Waals surface area contributed by atoms with E-state index in [1.165, 1.54) is 12.8 Å². The average Bonchev–Trinajstić information content (AvgIpc) is 3.36. The fourth-order valence-electron chi connectivity index (χ4n) is 3.30. The number of urea groups is 1. The second-order valence-corrected chi connectivity index (χ2v) is 6.54. The number of anilines is 1. The lowest BCUT2D eigenvalue weighted by Crippen LogP contribution is -2.51. The summed E-state index contributed by atoms with van der Waals surface area (Å²) in [5.41, 5.74) is 2.78. The van der Waals surface area contributed by atoms with Crippen molar-refractivity contribution in [1.82, 2.24) is 14.7 Å². The van der Waals surface area contributed by atoms with Crippen molar-refractivity contribution in [3.05, 3.63) is 42.2 Å². The van der Waals surface area contributed by atoms with E-state index in [2.05, 4.69) is 10.4 Å². The summed E-state index contributed by atoms with van der Waals surface area (Å²) >= 11 is 0. The maximum atomic E-state index is 12.7. The van der Waals surface area contributed by atoms with Crippen molar-refractivity contribution in [2.24, 2.45) is 5.92 Å². The number of amides is 2. The van der Waals surface area contributed by atoms with Crippen LogP contribution in [-0.2, 0) is 4.74 Å². The summed E-state index contributed by atoms with van der Waals surface area (Å²) in [6, 6.07) is 9.91. The third-order valence-corrected chi connectivity index (χ3v) is 4.77. The normalized spacial score (nSPS) is 20.9. The van der Waals surface area contributed by atoms with Crippen molar-refractivity contribution in [3.63, 3.8) is 0 Å². The van der Waals surface area contributed by atoms with Crippen molar-refractivity contribution in [1.29, 1.82) is 0 Å². The molecule has 1 aliphatic carbocycles. The van der Waals surface area contributed by atoms with Crippen LogP contribution >= 0.6 is 0 Å². The number of rotatable bonds is 3. The average molecular weight is 326 g/mol. The van der Waals surface area contributed by atoms with E-state index >= 15 is 0 Å². The molecule has 24 heavy (non-hydrogen) atoms.